The molecule has 1 aromatic rings. The van der Waals surface area contributed by atoms with E-state index in [1.54, 1.807) is 6.92 Å². The molecule has 0 saturated carbocycles. The lowest BCUT2D eigenvalue weighted by Crippen LogP contribution is -2.26. The maximum absolute atomic E-state index is 11.5. The summed E-state index contributed by atoms with van der Waals surface area (Å²) in [6.07, 6.45) is 1.90. The van der Waals surface area contributed by atoms with Crippen LogP contribution in [0.15, 0.2) is 5.38 Å². The second-order valence-electron chi connectivity index (χ2n) is 4.67. The van der Waals surface area contributed by atoms with E-state index in [1.807, 2.05) is 5.38 Å². The standard InChI is InChI=1S/C11H17NO3S2/c1-8(13)10-6-16-11(12-10)5-9-3-2-4-17(14,15)7-9/h6,8-9,13H,2-5,7H2,1H3. The molecule has 1 saturated heterocycles. The highest BCUT2D eigenvalue weighted by Crippen LogP contribution is 2.25. The van der Waals surface area contributed by atoms with E-state index in [0.29, 0.717) is 11.4 Å². The van der Waals surface area contributed by atoms with Crippen LogP contribution in [0.2, 0.25) is 0 Å². The van der Waals surface area contributed by atoms with Gasteiger partial charge in [-0.3, -0.25) is 0 Å². The third-order valence-corrected chi connectivity index (χ3v) is 5.80. The van der Waals surface area contributed by atoms with E-state index in [2.05, 4.69) is 4.98 Å². The maximum Gasteiger partial charge on any atom is 0.150 e. The first-order chi connectivity index (χ1) is 7.96. The Bertz CT molecular complexity index is 479. The smallest absolute Gasteiger partial charge is 0.150 e. The van der Waals surface area contributed by atoms with Crippen molar-refractivity contribution < 1.29 is 13.5 Å². The van der Waals surface area contributed by atoms with Crippen LogP contribution >= 0.6 is 11.3 Å². The molecule has 0 aromatic carbocycles. The minimum absolute atomic E-state index is 0.196. The number of hydrogen-bond donors (Lipinski definition) is 1. The Morgan fingerprint density at radius 3 is 3.00 bits per heavy atom. The number of aromatic nitrogens is 1. The molecule has 96 valence electrons. The first-order valence-electron chi connectivity index (χ1n) is 5.79. The quantitative estimate of drug-likeness (QED) is 0.909. The minimum atomic E-state index is -2.83. The van der Waals surface area contributed by atoms with E-state index < -0.39 is 15.9 Å². The molecule has 2 heterocycles. The number of aliphatic hydroxyl groups excluding tert-OH is 1. The predicted octanol–water partition coefficient (Wildman–Crippen LogP) is 1.56. The molecule has 1 aromatic heterocycles. The topological polar surface area (TPSA) is 67.3 Å². The van der Waals surface area contributed by atoms with Crippen molar-refractivity contribution in [3.8, 4) is 0 Å². The average molecular weight is 275 g/mol. The molecule has 17 heavy (non-hydrogen) atoms. The van der Waals surface area contributed by atoms with Crippen molar-refractivity contribution in [1.82, 2.24) is 4.98 Å². The lowest BCUT2D eigenvalue weighted by molar-refractivity contribution is 0.195. The van der Waals surface area contributed by atoms with Crippen LogP contribution in [0, 0.1) is 5.92 Å². The molecule has 1 aliphatic rings. The molecule has 0 aliphatic carbocycles. The van der Waals surface area contributed by atoms with E-state index in [9.17, 15) is 13.5 Å². The normalized spacial score (nSPS) is 25.6. The van der Waals surface area contributed by atoms with Gasteiger partial charge in [0, 0.05) is 11.8 Å². The summed E-state index contributed by atoms with van der Waals surface area (Å²) in [6.45, 7) is 1.68. The minimum Gasteiger partial charge on any atom is -0.387 e. The molecular weight excluding hydrogens is 258 g/mol. The van der Waals surface area contributed by atoms with Crippen molar-refractivity contribution in [3.05, 3.63) is 16.1 Å². The number of sulfone groups is 1. The van der Waals surface area contributed by atoms with E-state index in [-0.39, 0.29) is 11.7 Å². The summed E-state index contributed by atoms with van der Waals surface area (Å²) in [4.78, 5) is 4.33. The fourth-order valence-corrected chi connectivity index (χ4v) is 4.91. The van der Waals surface area contributed by atoms with Gasteiger partial charge in [-0.1, -0.05) is 0 Å². The zero-order valence-electron chi connectivity index (χ0n) is 9.80. The molecule has 0 radical (unpaired) electrons. The van der Waals surface area contributed by atoms with Crippen LogP contribution in [-0.2, 0) is 16.3 Å². The Morgan fingerprint density at radius 1 is 1.65 bits per heavy atom. The Kier molecular flexibility index (Phi) is 3.85. The van der Waals surface area contributed by atoms with Crippen LogP contribution in [0.1, 0.15) is 36.6 Å². The van der Waals surface area contributed by atoms with Crippen LogP contribution in [0.25, 0.3) is 0 Å². The lowest BCUT2D eigenvalue weighted by atomic mass is 10.0. The Labute approximate surface area is 106 Å². The molecule has 0 amide bonds. The van der Waals surface area contributed by atoms with Gasteiger partial charge in [-0.25, -0.2) is 13.4 Å². The highest BCUT2D eigenvalue weighted by atomic mass is 32.2. The number of nitrogens with zero attached hydrogens (tertiary/aromatic N) is 1. The summed E-state index contributed by atoms with van der Waals surface area (Å²) < 4.78 is 23.0. The molecule has 2 rings (SSSR count). The van der Waals surface area contributed by atoms with Gasteiger partial charge in [-0.2, -0.15) is 0 Å². The average Bonchev–Trinajstić information content (AvgIpc) is 2.64. The summed E-state index contributed by atoms with van der Waals surface area (Å²) in [5.41, 5.74) is 0.684. The molecule has 0 spiro atoms. The van der Waals surface area contributed by atoms with Crippen LogP contribution < -0.4 is 0 Å². The second kappa shape index (κ2) is 5.04. The first kappa shape index (κ1) is 13.0. The summed E-state index contributed by atoms with van der Waals surface area (Å²) in [6, 6.07) is 0. The number of rotatable bonds is 3. The molecule has 1 aliphatic heterocycles. The molecule has 6 heteroatoms. The summed E-state index contributed by atoms with van der Waals surface area (Å²) >= 11 is 1.51. The van der Waals surface area contributed by atoms with Crippen molar-refractivity contribution >= 4 is 21.2 Å². The highest BCUT2D eigenvalue weighted by molar-refractivity contribution is 7.91. The van der Waals surface area contributed by atoms with E-state index >= 15 is 0 Å². The van der Waals surface area contributed by atoms with Gasteiger partial charge < -0.3 is 5.11 Å². The predicted molar refractivity (Wildman–Crippen MR) is 67.8 cm³/mol. The van der Waals surface area contributed by atoms with Gasteiger partial charge >= 0.3 is 0 Å². The summed E-state index contributed by atoms with van der Waals surface area (Å²) in [5.74, 6) is 0.818. The number of aliphatic hydroxyl groups is 1. The summed E-state index contributed by atoms with van der Waals surface area (Å²) in [5, 5.41) is 12.2. The van der Waals surface area contributed by atoms with Crippen molar-refractivity contribution in [2.75, 3.05) is 11.5 Å². The zero-order valence-corrected chi connectivity index (χ0v) is 11.4. The van der Waals surface area contributed by atoms with E-state index in [0.717, 1.165) is 24.3 Å². The lowest BCUT2D eigenvalue weighted by Gasteiger charge is -2.20. The van der Waals surface area contributed by atoms with Crippen LogP contribution in [0.3, 0.4) is 0 Å². The van der Waals surface area contributed by atoms with Crippen LogP contribution in [-0.4, -0.2) is 30.0 Å². The third kappa shape index (κ3) is 3.50. The Morgan fingerprint density at radius 2 is 2.41 bits per heavy atom. The first-order valence-corrected chi connectivity index (χ1v) is 8.49. The van der Waals surface area contributed by atoms with Crippen molar-refractivity contribution in [2.24, 2.45) is 5.92 Å². The van der Waals surface area contributed by atoms with Gasteiger partial charge in [0.1, 0.15) is 0 Å². The Hall–Kier alpha value is -0.460. The van der Waals surface area contributed by atoms with E-state index in [1.165, 1.54) is 11.3 Å². The zero-order chi connectivity index (χ0) is 12.5. The van der Waals surface area contributed by atoms with E-state index in [4.69, 9.17) is 0 Å². The molecule has 0 bridgehead atoms. The monoisotopic (exact) mass is 275 g/mol. The molecule has 1 N–H and O–H groups in total. The highest BCUT2D eigenvalue weighted by Gasteiger charge is 2.25. The molecule has 1 fully saturated rings. The van der Waals surface area contributed by atoms with Gasteiger partial charge in [0.05, 0.1) is 28.3 Å². The van der Waals surface area contributed by atoms with Crippen LogP contribution in [0.5, 0.6) is 0 Å². The Balaban J connectivity index is 2.00. The largest absolute Gasteiger partial charge is 0.387 e. The van der Waals surface area contributed by atoms with Gasteiger partial charge in [0.25, 0.3) is 0 Å². The summed E-state index contributed by atoms with van der Waals surface area (Å²) in [7, 11) is -2.83. The number of hydrogen-bond acceptors (Lipinski definition) is 5. The number of thiazole rings is 1. The van der Waals surface area contributed by atoms with Gasteiger partial charge in [-0.05, 0) is 25.7 Å². The van der Waals surface area contributed by atoms with Gasteiger partial charge in [0.2, 0.25) is 0 Å². The van der Waals surface area contributed by atoms with Crippen LogP contribution in [0.4, 0.5) is 0 Å². The van der Waals surface area contributed by atoms with Gasteiger partial charge in [0.15, 0.2) is 9.84 Å². The molecule has 2 atom stereocenters. The fourth-order valence-electron chi connectivity index (χ4n) is 2.14. The molecule has 2 unspecified atom stereocenters. The van der Waals surface area contributed by atoms with Crippen molar-refractivity contribution in [3.63, 3.8) is 0 Å². The molecular formula is C11H17NO3S2. The second-order valence-corrected chi connectivity index (χ2v) is 7.84. The third-order valence-electron chi connectivity index (χ3n) is 3.02. The fraction of sp³-hybridized carbons (Fsp3) is 0.727. The van der Waals surface area contributed by atoms with Crippen molar-refractivity contribution in [1.29, 1.82) is 0 Å². The SMILES string of the molecule is CC(O)c1csc(CC2CCCS(=O)(=O)C2)n1. The van der Waals surface area contributed by atoms with Crippen molar-refractivity contribution in [2.45, 2.75) is 32.3 Å². The maximum atomic E-state index is 11.5. The molecule has 4 nitrogen and oxygen atoms in total. The van der Waals surface area contributed by atoms with Gasteiger partial charge in [-0.15, -0.1) is 11.3 Å².